The van der Waals surface area contributed by atoms with E-state index in [0.717, 1.165) is 5.56 Å². The number of hydrogen-bond acceptors (Lipinski definition) is 5. The molecule has 0 fully saturated rings. The number of aryl methyl sites for hydroxylation is 3. The highest BCUT2D eigenvalue weighted by molar-refractivity contribution is 5.96. The zero-order valence-corrected chi connectivity index (χ0v) is 12.3. The van der Waals surface area contributed by atoms with Gasteiger partial charge in [-0.05, 0) is 6.92 Å². The minimum atomic E-state index is -0.576. The third-order valence-corrected chi connectivity index (χ3v) is 3.10. The highest BCUT2D eigenvalue weighted by Gasteiger charge is 2.31. The van der Waals surface area contributed by atoms with E-state index in [1.54, 1.807) is 31.2 Å². The first-order valence-corrected chi connectivity index (χ1v) is 6.22. The van der Waals surface area contributed by atoms with Crippen molar-refractivity contribution in [1.29, 1.82) is 0 Å². The van der Waals surface area contributed by atoms with Crippen LogP contribution in [0.1, 0.15) is 21.7 Å². The van der Waals surface area contributed by atoms with Gasteiger partial charge in [0.25, 0.3) is 5.91 Å². The van der Waals surface area contributed by atoms with Crippen LogP contribution in [0.25, 0.3) is 0 Å². The summed E-state index contributed by atoms with van der Waals surface area (Å²) in [5, 5.41) is 19.1. The summed E-state index contributed by atoms with van der Waals surface area (Å²) < 4.78 is 2.87. The third kappa shape index (κ3) is 2.76. The molecule has 112 valence electrons. The predicted octanol–water partition coefficient (Wildman–Crippen LogP) is 0.642. The number of nitro groups is 1. The first kappa shape index (κ1) is 14.7. The Balaban J connectivity index is 2.29. The Morgan fingerprint density at radius 1 is 1.48 bits per heavy atom. The molecule has 0 bridgehead atoms. The molecule has 0 aliphatic rings. The maximum absolute atomic E-state index is 12.4. The van der Waals surface area contributed by atoms with E-state index < -0.39 is 10.8 Å². The van der Waals surface area contributed by atoms with Crippen LogP contribution in [0.3, 0.4) is 0 Å². The number of hydrogen-bond donors (Lipinski definition) is 0. The fourth-order valence-corrected chi connectivity index (χ4v) is 2.19. The van der Waals surface area contributed by atoms with Crippen molar-refractivity contribution in [2.24, 2.45) is 14.1 Å². The smallest absolute Gasteiger partial charge is 0.322 e. The SMILES string of the molecule is Cc1nn(C)c(C(=O)N(C)Cc2cnn(C)c2)c1[N+](=O)[O-]. The molecule has 0 saturated carbocycles. The zero-order valence-electron chi connectivity index (χ0n) is 12.3. The normalized spacial score (nSPS) is 10.7. The molecule has 0 radical (unpaired) electrons. The fourth-order valence-electron chi connectivity index (χ4n) is 2.19. The quantitative estimate of drug-likeness (QED) is 0.608. The van der Waals surface area contributed by atoms with Crippen molar-refractivity contribution in [3.05, 3.63) is 39.5 Å². The van der Waals surface area contributed by atoms with E-state index in [0.29, 0.717) is 6.54 Å². The van der Waals surface area contributed by atoms with Gasteiger partial charge in [0.1, 0.15) is 5.69 Å². The van der Waals surface area contributed by atoms with E-state index in [1.807, 2.05) is 0 Å². The lowest BCUT2D eigenvalue weighted by Gasteiger charge is -2.15. The van der Waals surface area contributed by atoms with E-state index in [9.17, 15) is 14.9 Å². The minimum absolute atomic E-state index is 0.0242. The van der Waals surface area contributed by atoms with Crippen LogP contribution >= 0.6 is 0 Å². The van der Waals surface area contributed by atoms with Crippen molar-refractivity contribution in [3.8, 4) is 0 Å². The van der Waals surface area contributed by atoms with Gasteiger partial charge in [-0.1, -0.05) is 0 Å². The molecule has 2 heterocycles. The lowest BCUT2D eigenvalue weighted by molar-refractivity contribution is -0.385. The maximum Gasteiger partial charge on any atom is 0.322 e. The van der Waals surface area contributed by atoms with Crippen molar-refractivity contribution >= 4 is 11.6 Å². The van der Waals surface area contributed by atoms with Crippen LogP contribution in [0.2, 0.25) is 0 Å². The monoisotopic (exact) mass is 292 g/mol. The van der Waals surface area contributed by atoms with Crippen LogP contribution < -0.4 is 0 Å². The summed E-state index contributed by atoms with van der Waals surface area (Å²) in [7, 11) is 4.88. The summed E-state index contributed by atoms with van der Waals surface area (Å²) in [6.07, 6.45) is 3.43. The number of rotatable bonds is 4. The number of amides is 1. The lowest BCUT2D eigenvalue weighted by atomic mass is 10.2. The van der Waals surface area contributed by atoms with Crippen LogP contribution in [0.5, 0.6) is 0 Å². The van der Waals surface area contributed by atoms with Crippen molar-refractivity contribution in [2.75, 3.05) is 7.05 Å². The maximum atomic E-state index is 12.4. The summed E-state index contributed by atoms with van der Waals surface area (Å²) in [5.74, 6) is -0.450. The molecule has 9 nitrogen and oxygen atoms in total. The summed E-state index contributed by atoms with van der Waals surface area (Å²) in [4.78, 5) is 24.4. The average molecular weight is 292 g/mol. The number of carbonyl (C=O) groups is 1. The molecule has 2 aromatic heterocycles. The van der Waals surface area contributed by atoms with Crippen molar-refractivity contribution < 1.29 is 9.72 Å². The van der Waals surface area contributed by atoms with Crippen molar-refractivity contribution in [3.63, 3.8) is 0 Å². The second-order valence-corrected chi connectivity index (χ2v) is 4.85. The number of nitrogens with zero attached hydrogens (tertiary/aromatic N) is 6. The molecular formula is C12H16N6O3. The summed E-state index contributed by atoms with van der Waals surface area (Å²) >= 11 is 0. The highest BCUT2D eigenvalue weighted by atomic mass is 16.6. The molecule has 0 atom stereocenters. The number of aromatic nitrogens is 4. The van der Waals surface area contributed by atoms with Gasteiger partial charge >= 0.3 is 5.69 Å². The molecule has 0 spiro atoms. The van der Waals surface area contributed by atoms with E-state index in [4.69, 9.17) is 0 Å². The van der Waals surface area contributed by atoms with E-state index in [1.165, 1.54) is 23.6 Å². The van der Waals surface area contributed by atoms with Gasteiger partial charge in [0.05, 0.1) is 11.1 Å². The van der Waals surface area contributed by atoms with Crippen LogP contribution in [-0.4, -0.2) is 42.3 Å². The molecular weight excluding hydrogens is 276 g/mol. The summed E-state index contributed by atoms with van der Waals surface area (Å²) in [5.41, 5.74) is 0.792. The largest absolute Gasteiger partial charge is 0.336 e. The van der Waals surface area contributed by atoms with Gasteiger partial charge in [-0.3, -0.25) is 24.3 Å². The van der Waals surface area contributed by atoms with E-state index in [2.05, 4.69) is 10.2 Å². The van der Waals surface area contributed by atoms with E-state index >= 15 is 0 Å². The summed E-state index contributed by atoms with van der Waals surface area (Å²) in [6, 6.07) is 0. The topological polar surface area (TPSA) is 99.1 Å². The number of carbonyl (C=O) groups excluding carboxylic acids is 1. The Morgan fingerprint density at radius 3 is 2.67 bits per heavy atom. The minimum Gasteiger partial charge on any atom is -0.336 e. The molecule has 21 heavy (non-hydrogen) atoms. The molecule has 0 saturated heterocycles. The molecule has 0 aliphatic heterocycles. The predicted molar refractivity (Wildman–Crippen MR) is 73.6 cm³/mol. The lowest BCUT2D eigenvalue weighted by Crippen LogP contribution is -2.28. The average Bonchev–Trinajstić information content (AvgIpc) is 2.91. The Labute approximate surface area is 120 Å². The molecule has 0 unspecified atom stereocenters. The Morgan fingerprint density at radius 2 is 2.14 bits per heavy atom. The van der Waals surface area contributed by atoms with Crippen LogP contribution in [0.4, 0.5) is 5.69 Å². The van der Waals surface area contributed by atoms with E-state index in [-0.39, 0.29) is 17.1 Å². The van der Waals surface area contributed by atoms with Gasteiger partial charge < -0.3 is 4.90 Å². The Bertz CT molecular complexity index is 702. The Kier molecular flexibility index (Phi) is 3.74. The second kappa shape index (κ2) is 5.35. The second-order valence-electron chi connectivity index (χ2n) is 4.85. The summed E-state index contributed by atoms with van der Waals surface area (Å²) in [6.45, 7) is 1.82. The molecule has 2 rings (SSSR count). The van der Waals surface area contributed by atoms with Crippen LogP contribution in [-0.2, 0) is 20.6 Å². The first-order valence-electron chi connectivity index (χ1n) is 6.22. The molecule has 0 aliphatic carbocycles. The molecule has 2 aromatic rings. The molecule has 0 N–H and O–H groups in total. The van der Waals surface area contributed by atoms with Crippen molar-refractivity contribution in [2.45, 2.75) is 13.5 Å². The van der Waals surface area contributed by atoms with Gasteiger partial charge in [0, 0.05) is 39.4 Å². The van der Waals surface area contributed by atoms with Gasteiger partial charge in [-0.15, -0.1) is 0 Å². The van der Waals surface area contributed by atoms with Crippen LogP contribution in [0.15, 0.2) is 12.4 Å². The van der Waals surface area contributed by atoms with Gasteiger partial charge in [0.15, 0.2) is 0 Å². The standard InChI is InChI=1S/C12H16N6O3/c1-8-10(18(20)21)11(17(4)14-8)12(19)15(2)6-9-5-13-16(3)7-9/h5,7H,6H2,1-4H3. The molecule has 1 amide bonds. The molecule has 9 heteroatoms. The van der Waals surface area contributed by atoms with Gasteiger partial charge in [0.2, 0.25) is 5.69 Å². The van der Waals surface area contributed by atoms with Gasteiger partial charge in [-0.25, -0.2) is 0 Å². The zero-order chi connectivity index (χ0) is 15.7. The third-order valence-electron chi connectivity index (χ3n) is 3.10. The highest BCUT2D eigenvalue weighted by Crippen LogP contribution is 2.23. The Hall–Kier alpha value is -2.71. The van der Waals surface area contributed by atoms with Crippen LogP contribution in [0, 0.1) is 17.0 Å². The van der Waals surface area contributed by atoms with Crippen molar-refractivity contribution in [1.82, 2.24) is 24.5 Å². The fraction of sp³-hybridized carbons (Fsp3) is 0.417. The first-order chi connectivity index (χ1) is 9.81. The van der Waals surface area contributed by atoms with Gasteiger partial charge in [-0.2, -0.15) is 10.2 Å². The molecule has 0 aromatic carbocycles.